The first-order chi connectivity index (χ1) is 11.7. The van der Waals surface area contributed by atoms with E-state index in [1.165, 1.54) is 11.1 Å². The molecule has 2 aliphatic carbocycles. The summed E-state index contributed by atoms with van der Waals surface area (Å²) in [6, 6.07) is 9.00. The maximum Gasteiger partial charge on any atom is 0.223 e. The number of halogens is 1. The molecule has 24 heavy (non-hydrogen) atoms. The maximum absolute atomic E-state index is 6.40. The van der Waals surface area contributed by atoms with Crippen molar-refractivity contribution in [2.24, 2.45) is 5.73 Å². The van der Waals surface area contributed by atoms with E-state index in [-0.39, 0.29) is 6.04 Å². The standard InChI is InChI=1S/C19H21ClN4/c20-17-11-22-19(23-14-6-3-5-13(21)10-14)24-18(17)16-9-8-12-4-1-2-7-15(12)16/h1-2,4,7,9,11,13-14H,3,5-6,8,10,21H2,(H,22,23,24)/t13-,14+/m0/s1. The number of aromatic nitrogens is 2. The first kappa shape index (κ1) is 15.6. The van der Waals surface area contributed by atoms with E-state index in [0.29, 0.717) is 17.0 Å². The second-order valence-corrected chi connectivity index (χ2v) is 7.04. The van der Waals surface area contributed by atoms with Gasteiger partial charge in [-0.3, -0.25) is 0 Å². The number of benzene rings is 1. The zero-order valence-electron chi connectivity index (χ0n) is 13.5. The molecule has 1 aromatic heterocycles. The molecule has 0 unspecified atom stereocenters. The van der Waals surface area contributed by atoms with Gasteiger partial charge in [0, 0.05) is 17.7 Å². The summed E-state index contributed by atoms with van der Waals surface area (Å²) in [5, 5.41) is 4.03. The molecule has 0 bridgehead atoms. The molecular formula is C19H21ClN4. The molecule has 0 saturated heterocycles. The highest BCUT2D eigenvalue weighted by Gasteiger charge is 2.22. The van der Waals surface area contributed by atoms with Gasteiger partial charge in [-0.05, 0) is 43.2 Å². The van der Waals surface area contributed by atoms with Gasteiger partial charge < -0.3 is 11.1 Å². The lowest BCUT2D eigenvalue weighted by atomic mass is 9.92. The zero-order valence-corrected chi connectivity index (χ0v) is 14.3. The van der Waals surface area contributed by atoms with Crippen molar-refractivity contribution >= 4 is 23.1 Å². The number of fused-ring (bicyclic) bond motifs is 1. The van der Waals surface area contributed by atoms with Crippen LogP contribution in [0, 0.1) is 0 Å². The Morgan fingerprint density at radius 1 is 1.21 bits per heavy atom. The molecular weight excluding hydrogens is 320 g/mol. The predicted molar refractivity (Wildman–Crippen MR) is 98.1 cm³/mol. The van der Waals surface area contributed by atoms with Crippen LogP contribution in [0.4, 0.5) is 5.95 Å². The number of hydrogen-bond acceptors (Lipinski definition) is 4. The van der Waals surface area contributed by atoms with Crippen LogP contribution in [0.25, 0.3) is 5.57 Å². The number of hydrogen-bond donors (Lipinski definition) is 2. The normalized spacial score (nSPS) is 22.8. The van der Waals surface area contributed by atoms with Gasteiger partial charge in [0.25, 0.3) is 0 Å². The summed E-state index contributed by atoms with van der Waals surface area (Å²) in [7, 11) is 0. The van der Waals surface area contributed by atoms with Crippen LogP contribution in [0.1, 0.15) is 42.5 Å². The second-order valence-electron chi connectivity index (χ2n) is 6.64. The highest BCUT2D eigenvalue weighted by molar-refractivity contribution is 6.32. The Balaban J connectivity index is 1.61. The summed E-state index contributed by atoms with van der Waals surface area (Å²) in [6.07, 6.45) is 9.14. The molecule has 1 saturated carbocycles. The monoisotopic (exact) mass is 340 g/mol. The Morgan fingerprint density at radius 3 is 2.96 bits per heavy atom. The molecule has 0 amide bonds. The number of allylic oxidation sites excluding steroid dienone is 1. The summed E-state index contributed by atoms with van der Waals surface area (Å²) in [5.74, 6) is 0.638. The van der Waals surface area contributed by atoms with Crippen molar-refractivity contribution in [3.05, 3.63) is 58.4 Å². The number of nitrogens with two attached hydrogens (primary N) is 1. The molecule has 0 radical (unpaired) electrons. The van der Waals surface area contributed by atoms with Gasteiger partial charge in [0.1, 0.15) is 0 Å². The highest BCUT2D eigenvalue weighted by atomic mass is 35.5. The molecule has 4 nitrogen and oxygen atoms in total. The molecule has 1 heterocycles. The fourth-order valence-electron chi connectivity index (χ4n) is 3.67. The second kappa shape index (κ2) is 6.54. The lowest BCUT2D eigenvalue weighted by molar-refractivity contribution is 0.408. The van der Waals surface area contributed by atoms with Crippen molar-refractivity contribution in [1.82, 2.24) is 9.97 Å². The highest BCUT2D eigenvalue weighted by Crippen LogP contribution is 2.35. The average Bonchev–Trinajstić information content (AvgIpc) is 3.01. The third-order valence-corrected chi connectivity index (χ3v) is 5.16. The van der Waals surface area contributed by atoms with E-state index in [1.54, 1.807) is 6.20 Å². The molecule has 0 spiro atoms. The quantitative estimate of drug-likeness (QED) is 0.892. The Hall–Kier alpha value is -1.91. The topological polar surface area (TPSA) is 63.8 Å². The summed E-state index contributed by atoms with van der Waals surface area (Å²) < 4.78 is 0. The van der Waals surface area contributed by atoms with E-state index >= 15 is 0 Å². The summed E-state index contributed by atoms with van der Waals surface area (Å²) >= 11 is 6.40. The first-order valence-electron chi connectivity index (χ1n) is 8.54. The molecule has 3 N–H and O–H groups in total. The number of anilines is 1. The maximum atomic E-state index is 6.40. The van der Waals surface area contributed by atoms with Crippen LogP contribution in [-0.2, 0) is 6.42 Å². The van der Waals surface area contributed by atoms with Crippen molar-refractivity contribution in [2.45, 2.75) is 44.2 Å². The van der Waals surface area contributed by atoms with Crippen LogP contribution in [0.3, 0.4) is 0 Å². The lowest BCUT2D eigenvalue weighted by Gasteiger charge is -2.27. The van der Waals surface area contributed by atoms with E-state index in [1.807, 2.05) is 0 Å². The molecule has 0 aliphatic heterocycles. The molecule has 4 rings (SSSR count). The SMILES string of the molecule is N[C@H]1CCC[C@@H](Nc2ncc(Cl)c(C3=CCc4ccccc43)n2)C1. The van der Waals surface area contributed by atoms with E-state index in [9.17, 15) is 0 Å². The first-order valence-corrected chi connectivity index (χ1v) is 8.92. The summed E-state index contributed by atoms with van der Waals surface area (Å²) in [4.78, 5) is 9.07. The third-order valence-electron chi connectivity index (χ3n) is 4.88. The van der Waals surface area contributed by atoms with Gasteiger partial charge in [-0.25, -0.2) is 9.97 Å². The van der Waals surface area contributed by atoms with E-state index in [2.05, 4.69) is 40.6 Å². The van der Waals surface area contributed by atoms with Gasteiger partial charge in [-0.2, -0.15) is 0 Å². The van der Waals surface area contributed by atoms with Gasteiger partial charge in [-0.15, -0.1) is 0 Å². The van der Waals surface area contributed by atoms with Crippen LogP contribution < -0.4 is 11.1 Å². The van der Waals surface area contributed by atoms with Crippen LogP contribution in [0.15, 0.2) is 36.5 Å². The Labute approximate surface area is 147 Å². The molecule has 1 aromatic carbocycles. The molecule has 2 atom stereocenters. The van der Waals surface area contributed by atoms with Gasteiger partial charge in [0.2, 0.25) is 5.95 Å². The van der Waals surface area contributed by atoms with Gasteiger partial charge in [0.15, 0.2) is 0 Å². The molecule has 2 aromatic rings. The van der Waals surface area contributed by atoms with Crippen LogP contribution >= 0.6 is 11.6 Å². The lowest BCUT2D eigenvalue weighted by Crippen LogP contribution is -2.35. The average molecular weight is 341 g/mol. The number of nitrogens with zero attached hydrogens (tertiary/aromatic N) is 2. The zero-order chi connectivity index (χ0) is 16.5. The fourth-order valence-corrected chi connectivity index (χ4v) is 3.87. The van der Waals surface area contributed by atoms with Crippen LogP contribution in [0.2, 0.25) is 5.02 Å². The predicted octanol–water partition coefficient (Wildman–Crippen LogP) is 3.80. The minimum atomic E-state index is 0.271. The summed E-state index contributed by atoms with van der Waals surface area (Å²) in [6.45, 7) is 0. The smallest absolute Gasteiger partial charge is 0.223 e. The van der Waals surface area contributed by atoms with E-state index in [0.717, 1.165) is 43.4 Å². The van der Waals surface area contributed by atoms with Gasteiger partial charge in [0.05, 0.1) is 16.9 Å². The molecule has 5 heteroatoms. The van der Waals surface area contributed by atoms with E-state index < -0.39 is 0 Å². The van der Waals surface area contributed by atoms with Gasteiger partial charge >= 0.3 is 0 Å². The summed E-state index contributed by atoms with van der Waals surface area (Å²) in [5.41, 5.74) is 10.5. The molecule has 1 fully saturated rings. The molecule has 124 valence electrons. The van der Waals surface area contributed by atoms with Crippen molar-refractivity contribution in [1.29, 1.82) is 0 Å². The van der Waals surface area contributed by atoms with Crippen molar-refractivity contribution < 1.29 is 0 Å². The third kappa shape index (κ3) is 3.04. The minimum absolute atomic E-state index is 0.271. The van der Waals surface area contributed by atoms with Crippen LogP contribution in [0.5, 0.6) is 0 Å². The minimum Gasteiger partial charge on any atom is -0.351 e. The van der Waals surface area contributed by atoms with Crippen molar-refractivity contribution in [3.63, 3.8) is 0 Å². The molecule has 2 aliphatic rings. The van der Waals surface area contributed by atoms with Crippen molar-refractivity contribution in [2.75, 3.05) is 5.32 Å². The largest absolute Gasteiger partial charge is 0.351 e. The van der Waals surface area contributed by atoms with E-state index in [4.69, 9.17) is 22.3 Å². The van der Waals surface area contributed by atoms with Gasteiger partial charge in [-0.1, -0.05) is 41.9 Å². The fraction of sp³-hybridized carbons (Fsp3) is 0.368. The Bertz CT molecular complexity index is 787. The van der Waals surface area contributed by atoms with Crippen LogP contribution in [-0.4, -0.2) is 22.1 Å². The Morgan fingerprint density at radius 2 is 2.08 bits per heavy atom. The van der Waals surface area contributed by atoms with Crippen molar-refractivity contribution in [3.8, 4) is 0 Å². The number of rotatable bonds is 3. The number of nitrogens with one attached hydrogen (secondary N) is 1. The Kier molecular flexibility index (Phi) is 4.25.